The van der Waals surface area contributed by atoms with Crippen LogP contribution in [0.1, 0.15) is 26.3 Å². The Hall–Kier alpha value is -0.980. The first-order valence-corrected chi connectivity index (χ1v) is 7.23. The van der Waals surface area contributed by atoms with Gasteiger partial charge in [0.25, 0.3) is 0 Å². The second-order valence-corrected chi connectivity index (χ2v) is 6.27. The zero-order valence-corrected chi connectivity index (χ0v) is 12.6. The second-order valence-electron chi connectivity index (χ2n) is 6.27. The fraction of sp³-hybridized carbons (Fsp3) is 0.625. The van der Waals surface area contributed by atoms with Gasteiger partial charge in [-0.05, 0) is 26.3 Å². The van der Waals surface area contributed by atoms with E-state index in [0.717, 1.165) is 5.56 Å². The van der Waals surface area contributed by atoms with Crippen molar-refractivity contribution in [1.29, 1.82) is 0 Å². The lowest BCUT2D eigenvalue weighted by Crippen LogP contribution is -2.47. The van der Waals surface area contributed by atoms with Crippen LogP contribution in [0.4, 0.5) is 0 Å². The fourth-order valence-electron chi connectivity index (χ4n) is 2.89. The number of ether oxygens (including phenoxy) is 4. The van der Waals surface area contributed by atoms with E-state index in [1.54, 1.807) is 0 Å². The quantitative estimate of drug-likeness (QED) is 0.918. The van der Waals surface area contributed by atoms with Crippen LogP contribution in [-0.2, 0) is 25.6 Å². The van der Waals surface area contributed by atoms with Crippen molar-refractivity contribution in [1.82, 2.24) is 0 Å². The largest absolute Gasteiger partial charge is 0.393 e. The van der Waals surface area contributed by atoms with Gasteiger partial charge in [0, 0.05) is 0 Å². The zero-order chi connectivity index (χ0) is 15.1. The first-order valence-electron chi connectivity index (χ1n) is 7.23. The standard InChI is InChI=1S/C16H22O5/c1-15(2)19-12-13(16(3,10-17)21-14(12)20-15)18-9-11-7-5-4-6-8-11/h4-8,12-14,17H,9-10H2,1-3H3/t12-,13+,14+,16+/m1/s1. The van der Waals surface area contributed by atoms with Gasteiger partial charge in [0.2, 0.25) is 0 Å². The highest BCUT2D eigenvalue weighted by atomic mass is 16.8. The molecule has 0 spiro atoms. The normalized spacial score (nSPS) is 37.6. The monoisotopic (exact) mass is 294 g/mol. The van der Waals surface area contributed by atoms with Crippen LogP contribution in [-0.4, -0.2) is 41.6 Å². The molecule has 0 radical (unpaired) electrons. The molecular formula is C16H22O5. The van der Waals surface area contributed by atoms with Crippen LogP contribution >= 0.6 is 0 Å². The number of rotatable bonds is 4. The van der Waals surface area contributed by atoms with Crippen molar-refractivity contribution >= 4 is 0 Å². The van der Waals surface area contributed by atoms with Crippen LogP contribution in [0.25, 0.3) is 0 Å². The summed E-state index contributed by atoms with van der Waals surface area (Å²) in [5, 5.41) is 9.66. The van der Waals surface area contributed by atoms with Crippen molar-refractivity contribution in [2.24, 2.45) is 0 Å². The van der Waals surface area contributed by atoms with Crippen molar-refractivity contribution in [3.63, 3.8) is 0 Å². The third-order valence-electron chi connectivity index (χ3n) is 3.96. The molecule has 0 amide bonds. The molecule has 0 aromatic heterocycles. The van der Waals surface area contributed by atoms with Crippen LogP contribution in [0.2, 0.25) is 0 Å². The molecule has 0 aliphatic carbocycles. The smallest absolute Gasteiger partial charge is 0.190 e. The number of benzene rings is 1. The molecule has 0 bridgehead atoms. The fourth-order valence-corrected chi connectivity index (χ4v) is 2.89. The minimum absolute atomic E-state index is 0.146. The molecule has 1 aromatic carbocycles. The summed E-state index contributed by atoms with van der Waals surface area (Å²) in [5.74, 6) is -0.694. The summed E-state index contributed by atoms with van der Waals surface area (Å²) in [4.78, 5) is 0. The average Bonchev–Trinajstić information content (AvgIpc) is 2.86. The van der Waals surface area contributed by atoms with E-state index in [1.165, 1.54) is 0 Å². The van der Waals surface area contributed by atoms with Gasteiger partial charge in [-0.25, -0.2) is 0 Å². The van der Waals surface area contributed by atoms with E-state index in [4.69, 9.17) is 18.9 Å². The molecule has 4 atom stereocenters. The number of fused-ring (bicyclic) bond motifs is 1. The lowest BCUT2D eigenvalue weighted by Gasteiger charge is -2.32. The first kappa shape index (κ1) is 14.9. The van der Waals surface area contributed by atoms with Gasteiger partial charge in [-0.15, -0.1) is 0 Å². The number of hydrogen-bond donors (Lipinski definition) is 1. The summed E-state index contributed by atoms with van der Waals surface area (Å²) in [6.45, 7) is 5.81. The highest BCUT2D eigenvalue weighted by Gasteiger charge is 2.60. The topological polar surface area (TPSA) is 57.2 Å². The number of hydrogen-bond acceptors (Lipinski definition) is 5. The number of aliphatic hydroxyl groups is 1. The van der Waals surface area contributed by atoms with E-state index >= 15 is 0 Å². The third kappa shape index (κ3) is 2.84. The van der Waals surface area contributed by atoms with E-state index in [-0.39, 0.29) is 18.8 Å². The maximum absolute atomic E-state index is 9.66. The maximum atomic E-state index is 9.66. The van der Waals surface area contributed by atoms with Crippen LogP contribution in [0.15, 0.2) is 30.3 Å². The molecule has 2 saturated heterocycles. The molecule has 2 heterocycles. The molecule has 0 saturated carbocycles. The first-order chi connectivity index (χ1) is 9.93. The Labute approximate surface area is 124 Å². The van der Waals surface area contributed by atoms with Gasteiger partial charge < -0.3 is 24.1 Å². The van der Waals surface area contributed by atoms with E-state index < -0.39 is 17.7 Å². The molecular weight excluding hydrogens is 272 g/mol. The predicted molar refractivity (Wildman–Crippen MR) is 75.4 cm³/mol. The molecule has 1 N–H and O–H groups in total. The minimum atomic E-state index is -0.819. The molecule has 5 heteroatoms. The zero-order valence-electron chi connectivity index (χ0n) is 12.6. The Morgan fingerprint density at radius 2 is 1.81 bits per heavy atom. The molecule has 2 aliphatic rings. The summed E-state index contributed by atoms with van der Waals surface area (Å²) in [5.41, 5.74) is 0.250. The lowest BCUT2D eigenvalue weighted by molar-refractivity contribution is -0.247. The van der Waals surface area contributed by atoms with Gasteiger partial charge in [-0.2, -0.15) is 0 Å². The van der Waals surface area contributed by atoms with Crippen molar-refractivity contribution in [2.75, 3.05) is 6.61 Å². The molecule has 3 rings (SSSR count). The van der Waals surface area contributed by atoms with Crippen LogP contribution < -0.4 is 0 Å². The van der Waals surface area contributed by atoms with Crippen molar-refractivity contribution in [3.05, 3.63) is 35.9 Å². The molecule has 0 unspecified atom stereocenters. The van der Waals surface area contributed by atoms with Crippen LogP contribution in [0, 0.1) is 0 Å². The van der Waals surface area contributed by atoms with Gasteiger partial charge in [0.15, 0.2) is 12.1 Å². The summed E-state index contributed by atoms with van der Waals surface area (Å²) >= 11 is 0. The Morgan fingerprint density at radius 3 is 2.48 bits per heavy atom. The van der Waals surface area contributed by atoms with Gasteiger partial charge in [-0.3, -0.25) is 0 Å². The van der Waals surface area contributed by atoms with E-state index in [0.29, 0.717) is 6.61 Å². The van der Waals surface area contributed by atoms with Crippen molar-refractivity contribution in [3.8, 4) is 0 Å². The summed E-state index contributed by atoms with van der Waals surface area (Å²) in [6.07, 6.45) is -1.21. The Morgan fingerprint density at radius 1 is 1.10 bits per heavy atom. The molecule has 1 aromatic rings. The van der Waals surface area contributed by atoms with Gasteiger partial charge >= 0.3 is 0 Å². The molecule has 5 nitrogen and oxygen atoms in total. The third-order valence-corrected chi connectivity index (χ3v) is 3.96. The van der Waals surface area contributed by atoms with Crippen LogP contribution in [0.5, 0.6) is 0 Å². The highest BCUT2D eigenvalue weighted by Crippen LogP contribution is 2.43. The van der Waals surface area contributed by atoms with Gasteiger partial charge in [0.1, 0.15) is 17.8 Å². The van der Waals surface area contributed by atoms with E-state index in [1.807, 2.05) is 51.1 Å². The Bertz CT molecular complexity index is 489. The average molecular weight is 294 g/mol. The number of aliphatic hydroxyl groups excluding tert-OH is 1. The van der Waals surface area contributed by atoms with Crippen molar-refractivity contribution < 1.29 is 24.1 Å². The second kappa shape index (κ2) is 5.34. The minimum Gasteiger partial charge on any atom is -0.393 e. The van der Waals surface area contributed by atoms with E-state index in [2.05, 4.69) is 0 Å². The SMILES string of the molecule is CC1(C)O[C@H]2O[C@@](C)(CO)[C@@H](OCc3ccccc3)[C@H]2O1. The van der Waals surface area contributed by atoms with Crippen LogP contribution in [0.3, 0.4) is 0 Å². The Balaban J connectivity index is 1.74. The Kier molecular flexibility index (Phi) is 3.80. The highest BCUT2D eigenvalue weighted by molar-refractivity contribution is 5.14. The summed E-state index contributed by atoms with van der Waals surface area (Å²) in [7, 11) is 0. The predicted octanol–water partition coefficient (Wildman–Crippen LogP) is 1.83. The maximum Gasteiger partial charge on any atom is 0.190 e. The summed E-state index contributed by atoms with van der Waals surface area (Å²) in [6, 6.07) is 9.90. The molecule has 2 fully saturated rings. The lowest BCUT2D eigenvalue weighted by atomic mass is 9.98. The molecule has 116 valence electrons. The summed E-state index contributed by atoms with van der Waals surface area (Å²) < 4.78 is 23.5. The van der Waals surface area contributed by atoms with E-state index in [9.17, 15) is 5.11 Å². The molecule has 2 aliphatic heterocycles. The van der Waals surface area contributed by atoms with Gasteiger partial charge in [-0.1, -0.05) is 30.3 Å². The van der Waals surface area contributed by atoms with Gasteiger partial charge in [0.05, 0.1) is 13.2 Å². The van der Waals surface area contributed by atoms with Crippen molar-refractivity contribution in [2.45, 2.75) is 57.3 Å². The molecule has 21 heavy (non-hydrogen) atoms.